The topological polar surface area (TPSA) is 131 Å². The molecule has 9 nitrogen and oxygen atoms in total. The van der Waals surface area contributed by atoms with E-state index in [9.17, 15) is 29.0 Å². The minimum absolute atomic E-state index is 0.00237. The van der Waals surface area contributed by atoms with Gasteiger partial charge in [0.2, 0.25) is 5.91 Å². The van der Waals surface area contributed by atoms with Crippen molar-refractivity contribution >= 4 is 22.8 Å². The monoisotopic (exact) mass is 494 g/mol. The Labute approximate surface area is 205 Å². The number of fused-ring (bicyclic) bond motifs is 5. The smallest absolute Gasteiger partial charge is 0.343 e. The molecule has 0 bridgehead atoms. The van der Waals surface area contributed by atoms with Crippen LogP contribution in [0.5, 0.6) is 0 Å². The van der Waals surface area contributed by atoms with E-state index in [-0.39, 0.29) is 30.7 Å². The number of hydrogen-bond donors (Lipinski definition) is 3. The maximum atomic E-state index is 14.9. The molecule has 2 aliphatic heterocycles. The number of carbonyl (C=O) groups is 2. The predicted octanol–water partition coefficient (Wildman–Crippen LogP) is 1.62. The minimum atomic E-state index is -1.98. The number of nitrogens with zero attached hydrogens (tertiary/aromatic N) is 2. The highest BCUT2D eigenvalue weighted by Crippen LogP contribution is 2.45. The number of amides is 1. The van der Waals surface area contributed by atoms with Gasteiger partial charge in [-0.1, -0.05) is 6.92 Å². The summed E-state index contributed by atoms with van der Waals surface area (Å²) < 4.78 is 28.9. The standard InChI is InChI=1S/C26H24FN3O6/c1-3-26(35)15-6-19-23-13(8-30(19)24(33)14(15)10-36-25(26)34)22-17(28-20(32)9-31)5-4-12-11(2)16(27)7-18(29-23)21(12)22/h6-7,17,31,35H,3-5,8-10H2,1-2H3,(H,28,32)/t17-,26-/m0/s1/i9D/t9?,17-,26-. The van der Waals surface area contributed by atoms with Crippen molar-refractivity contribution in [1.82, 2.24) is 14.9 Å². The van der Waals surface area contributed by atoms with Crippen molar-refractivity contribution in [2.24, 2.45) is 0 Å². The largest absolute Gasteiger partial charge is 0.458 e. The second kappa shape index (κ2) is 7.68. The van der Waals surface area contributed by atoms with E-state index < -0.39 is 41.5 Å². The zero-order chi connectivity index (χ0) is 26.4. The summed E-state index contributed by atoms with van der Waals surface area (Å²) in [5.74, 6) is -2.11. The van der Waals surface area contributed by atoms with Gasteiger partial charge < -0.3 is 24.8 Å². The second-order valence-corrected chi connectivity index (χ2v) is 9.54. The van der Waals surface area contributed by atoms with Crippen LogP contribution < -0.4 is 10.9 Å². The number of rotatable bonds is 3. The molecule has 0 saturated carbocycles. The minimum Gasteiger partial charge on any atom is -0.458 e. The summed E-state index contributed by atoms with van der Waals surface area (Å²) in [6, 6.07) is 2.30. The lowest BCUT2D eigenvalue weighted by atomic mass is 9.81. The first-order valence-electron chi connectivity index (χ1n) is 12.4. The molecule has 3 aromatic rings. The average molecular weight is 494 g/mol. The Bertz CT molecular complexity index is 1620. The Morgan fingerprint density at radius 2 is 2.14 bits per heavy atom. The highest BCUT2D eigenvalue weighted by Gasteiger charge is 2.46. The van der Waals surface area contributed by atoms with E-state index in [4.69, 9.17) is 11.1 Å². The number of aryl methyl sites for hydroxylation is 1. The van der Waals surface area contributed by atoms with Gasteiger partial charge in [0, 0.05) is 22.6 Å². The first-order valence-corrected chi connectivity index (χ1v) is 11.8. The van der Waals surface area contributed by atoms with Crippen LogP contribution in [0, 0.1) is 12.7 Å². The molecular formula is C26H24FN3O6. The molecule has 3 aliphatic rings. The van der Waals surface area contributed by atoms with Crippen LogP contribution in [-0.2, 0) is 39.5 Å². The molecule has 1 amide bonds. The quantitative estimate of drug-likeness (QED) is 0.369. The van der Waals surface area contributed by atoms with Crippen molar-refractivity contribution in [1.29, 1.82) is 0 Å². The normalized spacial score (nSPS) is 22.9. The van der Waals surface area contributed by atoms with Crippen LogP contribution in [0.4, 0.5) is 4.39 Å². The van der Waals surface area contributed by atoms with Crippen LogP contribution in [-0.4, -0.2) is 38.2 Å². The maximum Gasteiger partial charge on any atom is 0.343 e. The number of benzene rings is 1. The van der Waals surface area contributed by atoms with Gasteiger partial charge in [0.15, 0.2) is 5.60 Å². The number of esters is 1. The van der Waals surface area contributed by atoms with Crippen molar-refractivity contribution in [3.8, 4) is 11.4 Å². The number of aliphatic hydroxyl groups is 2. The molecule has 2 aromatic heterocycles. The summed E-state index contributed by atoms with van der Waals surface area (Å²) in [6.45, 7) is 1.19. The Morgan fingerprint density at radius 1 is 1.36 bits per heavy atom. The van der Waals surface area contributed by atoms with Crippen LogP contribution >= 0.6 is 0 Å². The first-order chi connectivity index (χ1) is 17.6. The van der Waals surface area contributed by atoms with Gasteiger partial charge in [-0.15, -0.1) is 0 Å². The lowest BCUT2D eigenvalue weighted by Gasteiger charge is -2.31. The van der Waals surface area contributed by atoms with Crippen molar-refractivity contribution in [3.05, 3.63) is 61.7 Å². The zero-order valence-corrected chi connectivity index (χ0v) is 19.6. The van der Waals surface area contributed by atoms with Crippen molar-refractivity contribution in [2.45, 2.75) is 57.9 Å². The molecule has 0 fully saturated rings. The Kier molecular flexibility index (Phi) is 4.62. The molecule has 10 heteroatoms. The number of halogens is 1. The summed E-state index contributed by atoms with van der Waals surface area (Å²) in [5.41, 5.74) is 1.61. The Hall–Kier alpha value is -3.63. The van der Waals surface area contributed by atoms with E-state index in [1.165, 1.54) is 10.6 Å². The van der Waals surface area contributed by atoms with Gasteiger partial charge in [0.05, 0.1) is 36.4 Å². The van der Waals surface area contributed by atoms with E-state index in [1.807, 2.05) is 0 Å². The van der Waals surface area contributed by atoms with Crippen LogP contribution in [0.15, 0.2) is 16.9 Å². The van der Waals surface area contributed by atoms with E-state index >= 15 is 0 Å². The van der Waals surface area contributed by atoms with Gasteiger partial charge in [-0.25, -0.2) is 14.2 Å². The highest BCUT2D eigenvalue weighted by atomic mass is 19.1. The van der Waals surface area contributed by atoms with E-state index in [1.54, 1.807) is 19.9 Å². The van der Waals surface area contributed by atoms with Gasteiger partial charge in [-0.2, -0.15) is 0 Å². The van der Waals surface area contributed by atoms with Gasteiger partial charge in [-0.05, 0) is 48.9 Å². The summed E-state index contributed by atoms with van der Waals surface area (Å²) in [4.78, 5) is 43.0. The number of pyridine rings is 2. The molecule has 3 N–H and O–H groups in total. The third-order valence-electron chi connectivity index (χ3n) is 7.81. The number of cyclic esters (lactones) is 1. The third kappa shape index (κ3) is 2.88. The molecule has 1 aromatic carbocycles. The SMILES string of the molecule is [2H]C(O)C(=O)N[C@H]1CCc2c(C)c(F)cc3nc4c(c1c23)Cn1c-4cc2c(c1=O)COC(=O)[C@]2(O)CC. The van der Waals surface area contributed by atoms with Gasteiger partial charge in [-0.3, -0.25) is 9.59 Å². The maximum absolute atomic E-state index is 14.9. The fraction of sp³-hybridized carbons (Fsp3) is 0.385. The molecule has 3 atom stereocenters. The zero-order valence-electron chi connectivity index (χ0n) is 20.6. The van der Waals surface area contributed by atoms with E-state index in [0.29, 0.717) is 51.8 Å². The number of aromatic nitrogens is 2. The molecule has 0 saturated heterocycles. The van der Waals surface area contributed by atoms with Crippen molar-refractivity contribution in [2.75, 3.05) is 6.58 Å². The predicted molar refractivity (Wildman–Crippen MR) is 126 cm³/mol. The first kappa shape index (κ1) is 21.6. The molecule has 4 heterocycles. The fourth-order valence-corrected chi connectivity index (χ4v) is 5.91. The van der Waals surface area contributed by atoms with Gasteiger partial charge in [0.1, 0.15) is 19.0 Å². The number of aliphatic hydroxyl groups excluding tert-OH is 1. The third-order valence-corrected chi connectivity index (χ3v) is 7.81. The summed E-state index contributed by atoms with van der Waals surface area (Å²) in [6.07, 6.45) is 0.861. The van der Waals surface area contributed by atoms with Crippen LogP contribution in [0.25, 0.3) is 22.3 Å². The molecule has 186 valence electrons. The highest BCUT2D eigenvalue weighted by molar-refractivity contribution is 5.94. The molecule has 1 unspecified atom stereocenters. The van der Waals surface area contributed by atoms with Crippen molar-refractivity contribution < 1.29 is 30.3 Å². The van der Waals surface area contributed by atoms with Crippen molar-refractivity contribution in [3.63, 3.8) is 0 Å². The number of ether oxygens (including phenoxy) is 1. The molecule has 6 rings (SSSR count). The molecule has 1 aliphatic carbocycles. The van der Waals surface area contributed by atoms with Crippen LogP contribution in [0.3, 0.4) is 0 Å². The van der Waals surface area contributed by atoms with Gasteiger partial charge in [0.25, 0.3) is 5.56 Å². The molecule has 36 heavy (non-hydrogen) atoms. The average Bonchev–Trinajstić information content (AvgIpc) is 3.24. The summed E-state index contributed by atoms with van der Waals surface area (Å²) >= 11 is 0. The Morgan fingerprint density at radius 3 is 2.86 bits per heavy atom. The lowest BCUT2D eigenvalue weighted by Crippen LogP contribution is -2.44. The summed E-state index contributed by atoms with van der Waals surface area (Å²) in [7, 11) is 0. The number of hydrogen-bond acceptors (Lipinski definition) is 7. The van der Waals surface area contributed by atoms with Crippen LogP contribution in [0.2, 0.25) is 0 Å². The van der Waals surface area contributed by atoms with Crippen LogP contribution in [0.1, 0.15) is 60.6 Å². The second-order valence-electron chi connectivity index (χ2n) is 9.54. The molecule has 0 radical (unpaired) electrons. The molecular weight excluding hydrogens is 469 g/mol. The van der Waals surface area contributed by atoms with Gasteiger partial charge >= 0.3 is 5.97 Å². The number of carbonyl (C=O) groups excluding carboxylic acids is 2. The molecule has 0 spiro atoms. The lowest BCUT2D eigenvalue weighted by molar-refractivity contribution is -0.172. The van der Waals surface area contributed by atoms with E-state index in [2.05, 4.69) is 5.32 Å². The van der Waals surface area contributed by atoms with E-state index in [0.717, 1.165) is 5.56 Å². The number of nitrogens with one attached hydrogen (secondary N) is 1. The Balaban J connectivity index is 1.65. The summed E-state index contributed by atoms with van der Waals surface area (Å²) in [5, 5.41) is 24.0. The fourth-order valence-electron chi connectivity index (χ4n) is 5.91.